The molecule has 0 aromatic heterocycles. The summed E-state index contributed by atoms with van der Waals surface area (Å²) in [5, 5.41) is 10.4. The maximum atomic E-state index is 12.4. The fourth-order valence-corrected chi connectivity index (χ4v) is 3.29. The molecule has 22 heavy (non-hydrogen) atoms. The summed E-state index contributed by atoms with van der Waals surface area (Å²) in [6.45, 7) is 1.37. The van der Waals surface area contributed by atoms with E-state index < -0.39 is 17.6 Å². The monoisotopic (exact) mass is 320 g/mol. The molecule has 1 atom stereocenters. The average molecular weight is 320 g/mol. The smallest absolute Gasteiger partial charge is 0.245 e. The van der Waals surface area contributed by atoms with Crippen molar-refractivity contribution in [3.63, 3.8) is 0 Å². The van der Waals surface area contributed by atoms with Crippen molar-refractivity contribution in [2.45, 2.75) is 18.6 Å². The number of rotatable bonds is 5. The number of methoxy groups -OCH3 is 1. The second kappa shape index (κ2) is 6.65. The number of allylic oxidation sites excluding steroid dienone is 1. The first-order valence-corrected chi connectivity index (χ1v) is 7.37. The van der Waals surface area contributed by atoms with Gasteiger partial charge in [0.25, 0.3) is 0 Å². The number of carbonyl (C=O) groups excluding carboxylic acids is 3. The molecule has 116 valence electrons. The number of nitrogens with zero attached hydrogens (tertiary/aromatic N) is 1. The maximum Gasteiger partial charge on any atom is 0.245 e. The molecule has 1 aromatic carbocycles. The normalized spacial score (nSPS) is 19.5. The molecule has 1 aromatic rings. The third kappa shape index (κ3) is 3.48. The summed E-state index contributed by atoms with van der Waals surface area (Å²) in [5.41, 5.74) is 0.548. The van der Waals surface area contributed by atoms with E-state index in [2.05, 4.69) is 0 Å². The maximum absolute atomic E-state index is 12.4. The number of thioether (sulfide) groups is 1. The fraction of sp³-hybridized carbons (Fsp3) is 0.267. The number of amides is 1. The van der Waals surface area contributed by atoms with Crippen molar-refractivity contribution in [3.05, 3.63) is 35.4 Å². The van der Waals surface area contributed by atoms with Gasteiger partial charge in [-0.2, -0.15) is 0 Å². The Morgan fingerprint density at radius 2 is 2.00 bits per heavy atom. The highest BCUT2D eigenvalue weighted by molar-refractivity contribution is 8.05. The van der Waals surface area contributed by atoms with E-state index in [0.717, 1.165) is 11.8 Å². The van der Waals surface area contributed by atoms with E-state index in [9.17, 15) is 19.5 Å². The van der Waals surface area contributed by atoms with Gasteiger partial charge in [0.1, 0.15) is 5.75 Å². The topological polar surface area (TPSA) is 86.7 Å². The van der Waals surface area contributed by atoms with Gasteiger partial charge in [-0.25, -0.2) is 0 Å². The zero-order chi connectivity index (χ0) is 16.3. The summed E-state index contributed by atoms with van der Waals surface area (Å²) in [6.07, 6.45) is 0.924. The Morgan fingerprint density at radius 3 is 2.50 bits per heavy atom. The number of carboxylic acid groups (broad SMARTS) is 1. The molecular formula is C15H14NO5S-. The zero-order valence-corrected chi connectivity index (χ0v) is 12.9. The predicted molar refractivity (Wildman–Crippen MR) is 80.2 cm³/mol. The van der Waals surface area contributed by atoms with Crippen LogP contribution in [-0.4, -0.2) is 30.0 Å². The molecule has 6 nitrogen and oxygen atoms in total. The molecule has 0 spiro atoms. The van der Waals surface area contributed by atoms with Crippen molar-refractivity contribution in [2.24, 2.45) is 0 Å². The molecule has 0 radical (unpaired) electrons. The molecule has 1 aliphatic heterocycles. The van der Waals surface area contributed by atoms with E-state index >= 15 is 0 Å². The van der Waals surface area contributed by atoms with Crippen molar-refractivity contribution in [1.82, 2.24) is 0 Å². The Bertz CT molecular complexity index is 638. The van der Waals surface area contributed by atoms with Crippen LogP contribution in [0.25, 0.3) is 0 Å². The highest BCUT2D eigenvalue weighted by Gasteiger charge is 2.37. The van der Waals surface area contributed by atoms with E-state index in [1.165, 1.54) is 25.0 Å². The molecule has 0 unspecified atom stereocenters. The number of carbonyl (C=O) groups is 3. The molecule has 7 heteroatoms. The summed E-state index contributed by atoms with van der Waals surface area (Å²) in [6, 6.07) is 6.72. The molecule has 0 N–H and O–H groups in total. The van der Waals surface area contributed by atoms with Gasteiger partial charge in [-0.15, -0.1) is 0 Å². The average Bonchev–Trinajstić information content (AvgIpc) is 2.74. The molecular weight excluding hydrogens is 306 g/mol. The number of ether oxygens (including phenoxy) is 1. The molecule has 1 amide bonds. The van der Waals surface area contributed by atoms with Crippen molar-refractivity contribution >= 4 is 35.1 Å². The lowest BCUT2D eigenvalue weighted by molar-refractivity contribution is -0.305. The first-order valence-electron chi connectivity index (χ1n) is 6.49. The number of aliphatic carboxylic acids is 1. The van der Waals surface area contributed by atoms with E-state index in [1.54, 1.807) is 24.3 Å². The van der Waals surface area contributed by atoms with Crippen LogP contribution in [0.15, 0.2) is 35.4 Å². The van der Waals surface area contributed by atoms with Gasteiger partial charge in [-0.3, -0.25) is 14.5 Å². The quantitative estimate of drug-likeness (QED) is 0.743. The van der Waals surface area contributed by atoms with Gasteiger partial charge in [-0.1, -0.05) is 11.8 Å². The van der Waals surface area contributed by atoms with Crippen LogP contribution < -0.4 is 14.7 Å². The SMILES string of the molecule is COc1ccc(N2C(=O)[C@H](CC(=O)[O-])S/C2=C\C(C)=O)cc1. The van der Waals surface area contributed by atoms with Gasteiger partial charge in [0.15, 0.2) is 5.78 Å². The van der Waals surface area contributed by atoms with Gasteiger partial charge in [-0.05, 0) is 31.2 Å². The number of anilines is 1. The summed E-state index contributed by atoms with van der Waals surface area (Å²) in [7, 11) is 1.53. The molecule has 0 bridgehead atoms. The van der Waals surface area contributed by atoms with Gasteiger partial charge in [0, 0.05) is 24.2 Å². The molecule has 0 saturated carbocycles. The number of hydrogen-bond acceptors (Lipinski definition) is 6. The lowest BCUT2D eigenvalue weighted by Gasteiger charge is -2.17. The Kier molecular flexibility index (Phi) is 4.87. The number of hydrogen-bond donors (Lipinski definition) is 0. The largest absolute Gasteiger partial charge is 0.550 e. The first-order chi connectivity index (χ1) is 10.4. The highest BCUT2D eigenvalue weighted by Crippen LogP contribution is 2.40. The standard InChI is InChI=1S/C15H15NO5S/c1-9(17)7-13-16(10-3-5-11(21-2)6-4-10)15(20)12(22-13)8-14(18)19/h3-7,12H,8H2,1-2H3,(H,18,19)/p-1/b13-7-/t12-/m0/s1. The highest BCUT2D eigenvalue weighted by atomic mass is 32.2. The van der Waals surface area contributed by atoms with Crippen molar-refractivity contribution in [3.8, 4) is 5.75 Å². The second-order valence-corrected chi connectivity index (χ2v) is 5.87. The summed E-state index contributed by atoms with van der Waals surface area (Å²) < 4.78 is 5.06. The third-order valence-electron chi connectivity index (χ3n) is 2.99. The predicted octanol–water partition coefficient (Wildman–Crippen LogP) is 0.714. The van der Waals surface area contributed by atoms with Crippen molar-refractivity contribution in [1.29, 1.82) is 0 Å². The van der Waals surface area contributed by atoms with Gasteiger partial charge >= 0.3 is 0 Å². The Balaban J connectivity index is 2.37. The van der Waals surface area contributed by atoms with Crippen LogP contribution >= 0.6 is 11.8 Å². The van der Waals surface area contributed by atoms with Crippen LogP contribution in [-0.2, 0) is 14.4 Å². The zero-order valence-electron chi connectivity index (χ0n) is 12.1. The third-order valence-corrected chi connectivity index (χ3v) is 4.18. The van der Waals surface area contributed by atoms with E-state index in [1.807, 2.05) is 0 Å². The molecule has 1 fully saturated rings. The van der Waals surface area contributed by atoms with Crippen LogP contribution in [0.2, 0.25) is 0 Å². The molecule has 0 aliphatic carbocycles. The molecule has 1 aliphatic rings. The van der Waals surface area contributed by atoms with Crippen LogP contribution in [0.4, 0.5) is 5.69 Å². The lowest BCUT2D eigenvalue weighted by atomic mass is 10.2. The minimum atomic E-state index is -1.30. The van der Waals surface area contributed by atoms with Gasteiger partial charge in [0.05, 0.1) is 17.4 Å². The Labute approximate surface area is 131 Å². The van der Waals surface area contributed by atoms with Crippen LogP contribution in [0, 0.1) is 0 Å². The van der Waals surface area contributed by atoms with Gasteiger partial charge in [0.2, 0.25) is 5.91 Å². The van der Waals surface area contributed by atoms with Gasteiger partial charge < -0.3 is 14.6 Å². The second-order valence-electron chi connectivity index (χ2n) is 4.65. The number of ketones is 1. The Hall–Kier alpha value is -2.28. The summed E-state index contributed by atoms with van der Waals surface area (Å²) in [4.78, 5) is 35.9. The van der Waals surface area contributed by atoms with Crippen molar-refractivity contribution < 1.29 is 24.2 Å². The van der Waals surface area contributed by atoms with E-state index in [4.69, 9.17) is 4.74 Å². The summed E-state index contributed by atoms with van der Waals surface area (Å²) in [5.74, 6) is -1.27. The Morgan fingerprint density at radius 1 is 1.36 bits per heavy atom. The number of carboxylic acids is 1. The molecule has 2 rings (SSSR count). The number of benzene rings is 1. The van der Waals surface area contributed by atoms with E-state index in [0.29, 0.717) is 16.5 Å². The lowest BCUT2D eigenvalue weighted by Crippen LogP contribution is -2.33. The summed E-state index contributed by atoms with van der Waals surface area (Å²) >= 11 is 1.05. The molecule has 1 heterocycles. The van der Waals surface area contributed by atoms with Crippen LogP contribution in [0.5, 0.6) is 5.75 Å². The minimum absolute atomic E-state index is 0.220. The molecule has 1 saturated heterocycles. The van der Waals surface area contributed by atoms with Crippen molar-refractivity contribution in [2.75, 3.05) is 12.0 Å². The van der Waals surface area contributed by atoms with Crippen LogP contribution in [0.1, 0.15) is 13.3 Å². The fourth-order valence-electron chi connectivity index (χ4n) is 2.04. The van der Waals surface area contributed by atoms with Crippen LogP contribution in [0.3, 0.4) is 0 Å². The first kappa shape index (κ1) is 16.1. The van der Waals surface area contributed by atoms with E-state index in [-0.39, 0.29) is 11.7 Å². The minimum Gasteiger partial charge on any atom is -0.550 e.